The van der Waals surface area contributed by atoms with Gasteiger partial charge in [-0.2, -0.15) is 0 Å². The van der Waals surface area contributed by atoms with Gasteiger partial charge < -0.3 is 15.5 Å². The van der Waals surface area contributed by atoms with Crippen LogP contribution in [0.3, 0.4) is 0 Å². The number of carbonyl (C=O) groups excluding carboxylic acids is 2. The number of hydrogen-bond donors (Lipinski definition) is 3. The van der Waals surface area contributed by atoms with Gasteiger partial charge in [0.1, 0.15) is 6.04 Å². The van der Waals surface area contributed by atoms with E-state index < -0.39 is 29.8 Å². The number of benzene rings is 2. The fourth-order valence-electron chi connectivity index (χ4n) is 2.46. The summed E-state index contributed by atoms with van der Waals surface area (Å²) in [6.07, 6.45) is -2.06. The summed E-state index contributed by atoms with van der Waals surface area (Å²) < 4.78 is 0. The first kappa shape index (κ1) is 19.3. The maximum absolute atomic E-state index is 12.7. The van der Waals surface area contributed by atoms with Gasteiger partial charge in [-0.25, -0.2) is 4.79 Å². The number of aliphatic carboxylic acids is 1. The highest BCUT2D eigenvalue weighted by molar-refractivity contribution is 6.06. The van der Waals surface area contributed by atoms with Crippen LogP contribution in [0, 0.1) is 0 Å². The molecule has 2 aromatic carbocycles. The molecule has 0 spiro atoms. The first-order valence-electron chi connectivity index (χ1n) is 8.22. The molecule has 0 aromatic heterocycles. The van der Waals surface area contributed by atoms with Gasteiger partial charge in [-0.05, 0) is 23.6 Å². The number of carboxylic acid groups (broad SMARTS) is 1. The van der Waals surface area contributed by atoms with Crippen molar-refractivity contribution in [1.82, 2.24) is 5.32 Å². The van der Waals surface area contributed by atoms with Crippen molar-refractivity contribution >= 4 is 17.7 Å². The Morgan fingerprint density at radius 2 is 1.46 bits per heavy atom. The number of nitrogens with one attached hydrogen (secondary N) is 1. The molecule has 6 heteroatoms. The maximum atomic E-state index is 12.7. The van der Waals surface area contributed by atoms with Crippen molar-refractivity contribution in [3.05, 3.63) is 71.3 Å². The number of carbonyl (C=O) groups is 3. The van der Waals surface area contributed by atoms with E-state index in [0.717, 1.165) is 5.56 Å². The second-order valence-corrected chi connectivity index (χ2v) is 6.24. The van der Waals surface area contributed by atoms with Crippen molar-refractivity contribution in [1.29, 1.82) is 0 Å². The zero-order valence-electron chi connectivity index (χ0n) is 14.5. The molecule has 1 amide bonds. The molecule has 0 heterocycles. The third-order valence-electron chi connectivity index (χ3n) is 4.04. The topological polar surface area (TPSA) is 104 Å². The van der Waals surface area contributed by atoms with Crippen LogP contribution in [0.5, 0.6) is 0 Å². The predicted molar refractivity (Wildman–Crippen MR) is 96.2 cm³/mol. The van der Waals surface area contributed by atoms with Crippen molar-refractivity contribution in [3.8, 4) is 0 Å². The third kappa shape index (κ3) is 4.55. The zero-order valence-corrected chi connectivity index (χ0v) is 14.5. The van der Waals surface area contributed by atoms with E-state index in [2.05, 4.69) is 5.32 Å². The molecule has 0 fully saturated rings. The predicted octanol–water partition coefficient (Wildman–Crippen LogP) is 2.24. The number of aliphatic hydroxyl groups is 1. The van der Waals surface area contributed by atoms with Gasteiger partial charge in [-0.15, -0.1) is 0 Å². The number of amides is 1. The van der Waals surface area contributed by atoms with Gasteiger partial charge in [0.2, 0.25) is 0 Å². The minimum Gasteiger partial charge on any atom is -0.479 e. The first-order chi connectivity index (χ1) is 12.3. The summed E-state index contributed by atoms with van der Waals surface area (Å²) in [7, 11) is 0. The lowest BCUT2D eigenvalue weighted by atomic mass is 9.96. The number of Topliss-reactive ketones (excluding diaryl/α,β-unsaturated/α-hetero) is 1. The molecule has 0 aliphatic heterocycles. The number of hydrogen-bond acceptors (Lipinski definition) is 4. The van der Waals surface area contributed by atoms with Crippen LogP contribution in [0.25, 0.3) is 0 Å². The molecule has 2 aromatic rings. The van der Waals surface area contributed by atoms with Crippen molar-refractivity contribution in [2.75, 3.05) is 0 Å². The van der Waals surface area contributed by atoms with Crippen LogP contribution in [0.1, 0.15) is 46.0 Å². The van der Waals surface area contributed by atoms with E-state index in [4.69, 9.17) is 5.11 Å². The summed E-state index contributed by atoms with van der Waals surface area (Å²) >= 11 is 0. The van der Waals surface area contributed by atoms with E-state index in [1.54, 1.807) is 42.5 Å². The fraction of sp³-hybridized carbons (Fsp3) is 0.250. The molecule has 6 nitrogen and oxygen atoms in total. The van der Waals surface area contributed by atoms with Gasteiger partial charge in [0, 0.05) is 11.1 Å². The Bertz CT molecular complexity index is 784. The fourth-order valence-corrected chi connectivity index (χ4v) is 2.46. The normalized spacial score (nSPS) is 13.1. The highest BCUT2D eigenvalue weighted by atomic mass is 16.4. The molecule has 3 N–H and O–H groups in total. The quantitative estimate of drug-likeness (QED) is 0.661. The SMILES string of the molecule is CC(C)c1ccc(C(=O)C(NC(=O)c2ccccc2)C(O)C(=O)O)cc1. The molecule has 0 aliphatic carbocycles. The van der Waals surface area contributed by atoms with Crippen LogP contribution in [0.15, 0.2) is 54.6 Å². The van der Waals surface area contributed by atoms with Crippen LogP contribution in [-0.4, -0.2) is 40.0 Å². The third-order valence-corrected chi connectivity index (χ3v) is 4.04. The summed E-state index contributed by atoms with van der Waals surface area (Å²) in [6, 6.07) is 13.1. The summed E-state index contributed by atoms with van der Waals surface area (Å²) in [6.45, 7) is 4.02. The van der Waals surface area contributed by atoms with E-state index in [1.165, 1.54) is 12.1 Å². The van der Waals surface area contributed by atoms with E-state index in [0.29, 0.717) is 0 Å². The lowest BCUT2D eigenvalue weighted by Crippen LogP contribution is -2.51. The van der Waals surface area contributed by atoms with Gasteiger partial charge in [0.05, 0.1) is 0 Å². The van der Waals surface area contributed by atoms with Gasteiger partial charge >= 0.3 is 5.97 Å². The monoisotopic (exact) mass is 355 g/mol. The smallest absolute Gasteiger partial charge is 0.335 e. The molecule has 0 aliphatic rings. The van der Waals surface area contributed by atoms with Gasteiger partial charge in [0.25, 0.3) is 5.91 Å². The van der Waals surface area contributed by atoms with Crippen molar-refractivity contribution < 1.29 is 24.6 Å². The lowest BCUT2D eigenvalue weighted by molar-refractivity contribution is -0.147. The molecule has 0 radical (unpaired) electrons. The van der Waals surface area contributed by atoms with Crippen LogP contribution in [0.2, 0.25) is 0 Å². The molecule has 0 saturated carbocycles. The Morgan fingerprint density at radius 3 is 1.96 bits per heavy atom. The second-order valence-electron chi connectivity index (χ2n) is 6.24. The highest BCUT2D eigenvalue weighted by Gasteiger charge is 2.34. The average Bonchev–Trinajstić information content (AvgIpc) is 2.65. The van der Waals surface area contributed by atoms with Gasteiger partial charge in [0.15, 0.2) is 11.9 Å². The summed E-state index contributed by atoms with van der Waals surface area (Å²) in [5.41, 5.74) is 1.50. The Kier molecular flexibility index (Phi) is 6.25. The molecule has 2 unspecified atom stereocenters. The molecule has 0 saturated heterocycles. The van der Waals surface area contributed by atoms with E-state index in [-0.39, 0.29) is 17.0 Å². The molecular formula is C20H21NO5. The van der Waals surface area contributed by atoms with Gasteiger partial charge in [-0.3, -0.25) is 9.59 Å². The minimum atomic E-state index is -2.06. The van der Waals surface area contributed by atoms with E-state index in [9.17, 15) is 19.5 Å². The van der Waals surface area contributed by atoms with E-state index >= 15 is 0 Å². The van der Waals surface area contributed by atoms with Gasteiger partial charge in [-0.1, -0.05) is 56.3 Å². The van der Waals surface area contributed by atoms with Crippen LogP contribution in [-0.2, 0) is 4.79 Å². The molecule has 0 bridgehead atoms. The van der Waals surface area contributed by atoms with Crippen molar-refractivity contribution in [2.24, 2.45) is 0 Å². The number of ketones is 1. The molecular weight excluding hydrogens is 334 g/mol. The molecule has 2 rings (SSSR count). The minimum absolute atomic E-state index is 0.216. The van der Waals surface area contributed by atoms with E-state index in [1.807, 2.05) is 13.8 Å². The van der Waals surface area contributed by atoms with Crippen LogP contribution < -0.4 is 5.32 Å². The summed E-state index contributed by atoms with van der Waals surface area (Å²) in [5, 5.41) is 21.3. The standard InChI is InChI=1S/C20H21NO5/c1-12(2)13-8-10-14(11-9-13)17(22)16(18(23)20(25)26)21-19(24)15-6-4-3-5-7-15/h3-12,16,18,23H,1-2H3,(H,21,24)(H,25,26). The molecule has 2 atom stereocenters. The first-order valence-corrected chi connectivity index (χ1v) is 8.22. The maximum Gasteiger partial charge on any atom is 0.335 e. The average molecular weight is 355 g/mol. The lowest BCUT2D eigenvalue weighted by Gasteiger charge is -2.20. The summed E-state index contributed by atoms with van der Waals surface area (Å²) in [5.74, 6) is -2.62. The Morgan fingerprint density at radius 1 is 0.885 bits per heavy atom. The highest BCUT2D eigenvalue weighted by Crippen LogP contribution is 2.16. The largest absolute Gasteiger partial charge is 0.479 e. The molecule has 26 heavy (non-hydrogen) atoms. The van der Waals surface area contributed by atoms with Crippen molar-refractivity contribution in [2.45, 2.75) is 31.9 Å². The zero-order chi connectivity index (χ0) is 19.3. The number of carboxylic acids is 1. The Labute approximate surface area is 151 Å². The van der Waals surface area contributed by atoms with Crippen molar-refractivity contribution in [3.63, 3.8) is 0 Å². The van der Waals surface area contributed by atoms with Crippen LogP contribution in [0.4, 0.5) is 0 Å². The number of aliphatic hydroxyl groups excluding tert-OH is 1. The number of rotatable bonds is 7. The second kappa shape index (κ2) is 8.40. The Hall–Kier alpha value is -2.99. The summed E-state index contributed by atoms with van der Waals surface area (Å²) in [4.78, 5) is 36.2. The Balaban J connectivity index is 2.27. The molecule has 136 valence electrons. The van der Waals surface area contributed by atoms with Crippen LogP contribution >= 0.6 is 0 Å².